The molecule has 1 rings (SSSR count). The second-order valence-electron chi connectivity index (χ2n) is 3.28. The van der Waals surface area contributed by atoms with Crippen LogP contribution in [0.25, 0.3) is 0 Å². The number of hydrogen-bond donors (Lipinski definition) is 0. The van der Waals surface area contributed by atoms with Gasteiger partial charge in [-0.3, -0.25) is 0 Å². The Labute approximate surface area is 78.3 Å². The van der Waals surface area contributed by atoms with Gasteiger partial charge in [0.2, 0.25) is 11.8 Å². The van der Waals surface area contributed by atoms with E-state index in [2.05, 4.69) is 24.0 Å². The van der Waals surface area contributed by atoms with Gasteiger partial charge in [0.15, 0.2) is 0 Å². The van der Waals surface area contributed by atoms with E-state index in [1.807, 2.05) is 6.92 Å². The summed E-state index contributed by atoms with van der Waals surface area (Å²) in [7, 11) is 0. The Morgan fingerprint density at radius 2 is 2.08 bits per heavy atom. The predicted octanol–water partition coefficient (Wildman–Crippen LogP) is 2.11. The van der Waals surface area contributed by atoms with Crippen molar-refractivity contribution in [2.45, 2.75) is 33.8 Å². The number of aryl methyl sites for hydroxylation is 1. The fourth-order valence-corrected chi connectivity index (χ4v) is 1.16. The Bertz CT molecular complexity index is 258. The average Bonchev–Trinajstić information content (AvgIpc) is 2.46. The topological polar surface area (TPSA) is 48.2 Å². The maximum atomic E-state index is 5.51. The third-order valence-corrected chi connectivity index (χ3v) is 1.74. The van der Waals surface area contributed by atoms with E-state index in [1.165, 1.54) is 0 Å². The van der Waals surface area contributed by atoms with Crippen molar-refractivity contribution in [1.82, 2.24) is 10.2 Å². The van der Waals surface area contributed by atoms with Gasteiger partial charge in [0.05, 0.1) is 0 Å². The molecular formula is C9H16N2O2. The minimum atomic E-state index is -0.0776. The fraction of sp³-hybridized carbons (Fsp3) is 0.778. The molecule has 0 spiro atoms. The average molecular weight is 184 g/mol. The van der Waals surface area contributed by atoms with Crippen molar-refractivity contribution in [3.8, 4) is 0 Å². The molecule has 0 fully saturated rings. The number of ether oxygens (including phenoxy) is 1. The molecule has 4 heteroatoms. The third kappa shape index (κ3) is 2.52. The largest absolute Gasteiger partial charge is 0.423 e. The van der Waals surface area contributed by atoms with Crippen LogP contribution in [-0.4, -0.2) is 16.8 Å². The third-order valence-electron chi connectivity index (χ3n) is 1.74. The van der Waals surface area contributed by atoms with Crippen molar-refractivity contribution >= 4 is 0 Å². The monoisotopic (exact) mass is 184 g/mol. The molecule has 0 N–H and O–H groups in total. The van der Waals surface area contributed by atoms with Crippen molar-refractivity contribution < 1.29 is 9.15 Å². The molecule has 0 aliphatic rings. The van der Waals surface area contributed by atoms with Gasteiger partial charge >= 0.3 is 0 Å². The first-order valence-electron chi connectivity index (χ1n) is 4.56. The van der Waals surface area contributed by atoms with Gasteiger partial charge in [-0.1, -0.05) is 13.8 Å². The summed E-state index contributed by atoms with van der Waals surface area (Å²) in [4.78, 5) is 0. The van der Waals surface area contributed by atoms with Gasteiger partial charge in [-0.05, 0) is 12.8 Å². The molecule has 0 saturated heterocycles. The number of hydrogen-bond acceptors (Lipinski definition) is 4. The molecule has 74 valence electrons. The second kappa shape index (κ2) is 4.37. The molecule has 1 aromatic heterocycles. The highest BCUT2D eigenvalue weighted by Crippen LogP contribution is 2.24. The molecule has 0 amide bonds. The Morgan fingerprint density at radius 1 is 1.38 bits per heavy atom. The summed E-state index contributed by atoms with van der Waals surface area (Å²) >= 11 is 0. The lowest BCUT2D eigenvalue weighted by Crippen LogP contribution is -2.11. The lowest BCUT2D eigenvalue weighted by Gasteiger charge is -2.16. The molecule has 0 unspecified atom stereocenters. The number of nitrogens with zero attached hydrogens (tertiary/aromatic N) is 2. The minimum absolute atomic E-state index is 0.0776. The van der Waals surface area contributed by atoms with Gasteiger partial charge < -0.3 is 9.15 Å². The zero-order valence-corrected chi connectivity index (χ0v) is 8.57. The highest BCUT2D eigenvalue weighted by molar-refractivity contribution is 4.86. The zero-order valence-electron chi connectivity index (χ0n) is 8.57. The van der Waals surface area contributed by atoms with E-state index >= 15 is 0 Å². The van der Waals surface area contributed by atoms with Crippen LogP contribution in [0, 0.1) is 12.8 Å². The molecule has 4 nitrogen and oxygen atoms in total. The molecule has 0 bridgehead atoms. The summed E-state index contributed by atoms with van der Waals surface area (Å²) in [6, 6.07) is 0. The van der Waals surface area contributed by atoms with E-state index in [-0.39, 0.29) is 6.10 Å². The van der Waals surface area contributed by atoms with Gasteiger partial charge in [0.1, 0.15) is 6.10 Å². The summed E-state index contributed by atoms with van der Waals surface area (Å²) in [5.41, 5.74) is 0. The molecule has 0 saturated carbocycles. The van der Waals surface area contributed by atoms with Crippen LogP contribution in [0.2, 0.25) is 0 Å². The van der Waals surface area contributed by atoms with Crippen LogP contribution in [0.3, 0.4) is 0 Å². The molecule has 0 aliphatic heterocycles. The molecular weight excluding hydrogens is 168 g/mol. The summed E-state index contributed by atoms with van der Waals surface area (Å²) in [6.45, 7) is 8.53. The van der Waals surface area contributed by atoms with Gasteiger partial charge in [0, 0.05) is 13.5 Å². The molecule has 1 heterocycles. The lowest BCUT2D eigenvalue weighted by atomic mass is 10.1. The van der Waals surface area contributed by atoms with Crippen LogP contribution >= 0.6 is 0 Å². The van der Waals surface area contributed by atoms with E-state index in [0.717, 1.165) is 0 Å². The Kier molecular flexibility index (Phi) is 3.42. The maximum absolute atomic E-state index is 5.51. The van der Waals surface area contributed by atoms with E-state index in [4.69, 9.17) is 9.15 Å². The second-order valence-corrected chi connectivity index (χ2v) is 3.28. The van der Waals surface area contributed by atoms with E-state index in [9.17, 15) is 0 Å². The van der Waals surface area contributed by atoms with E-state index in [1.54, 1.807) is 6.92 Å². The summed E-state index contributed by atoms with van der Waals surface area (Å²) in [5, 5.41) is 7.72. The van der Waals surface area contributed by atoms with Crippen molar-refractivity contribution in [1.29, 1.82) is 0 Å². The van der Waals surface area contributed by atoms with Crippen LogP contribution in [-0.2, 0) is 4.74 Å². The van der Waals surface area contributed by atoms with Gasteiger partial charge in [-0.2, -0.15) is 0 Å². The smallest absolute Gasteiger partial charge is 0.245 e. The number of rotatable bonds is 4. The molecule has 1 aromatic rings. The quantitative estimate of drug-likeness (QED) is 0.719. The van der Waals surface area contributed by atoms with Crippen LogP contribution in [0.4, 0.5) is 0 Å². The maximum Gasteiger partial charge on any atom is 0.245 e. The van der Waals surface area contributed by atoms with E-state index in [0.29, 0.717) is 24.3 Å². The SMILES string of the molecule is CCO[C@H](c1nnc(C)o1)C(C)C. The first-order valence-corrected chi connectivity index (χ1v) is 4.56. The van der Waals surface area contributed by atoms with Crippen molar-refractivity contribution in [2.24, 2.45) is 5.92 Å². The Hall–Kier alpha value is -0.900. The summed E-state index contributed by atoms with van der Waals surface area (Å²) < 4.78 is 10.8. The standard InChI is InChI=1S/C9H16N2O2/c1-5-12-8(6(2)3)9-11-10-7(4)13-9/h6,8H,5H2,1-4H3/t8-/m0/s1. The highest BCUT2D eigenvalue weighted by Gasteiger charge is 2.21. The predicted molar refractivity (Wildman–Crippen MR) is 48.2 cm³/mol. The normalized spacial score (nSPS) is 13.6. The molecule has 1 atom stereocenters. The summed E-state index contributed by atoms with van der Waals surface area (Å²) in [5.74, 6) is 1.51. The van der Waals surface area contributed by atoms with Gasteiger partial charge in [0.25, 0.3) is 0 Å². The summed E-state index contributed by atoms with van der Waals surface area (Å²) in [6.07, 6.45) is -0.0776. The molecule has 0 radical (unpaired) electrons. The van der Waals surface area contributed by atoms with Crippen molar-refractivity contribution in [3.05, 3.63) is 11.8 Å². The van der Waals surface area contributed by atoms with E-state index < -0.39 is 0 Å². The fourth-order valence-electron chi connectivity index (χ4n) is 1.16. The van der Waals surface area contributed by atoms with Crippen LogP contribution in [0.1, 0.15) is 38.7 Å². The molecule has 0 aliphatic carbocycles. The Balaban J connectivity index is 2.75. The van der Waals surface area contributed by atoms with Crippen LogP contribution in [0.5, 0.6) is 0 Å². The number of aromatic nitrogens is 2. The molecule has 13 heavy (non-hydrogen) atoms. The van der Waals surface area contributed by atoms with Crippen LogP contribution < -0.4 is 0 Å². The first kappa shape index (κ1) is 10.2. The minimum Gasteiger partial charge on any atom is -0.423 e. The zero-order chi connectivity index (χ0) is 9.84. The van der Waals surface area contributed by atoms with Crippen molar-refractivity contribution in [3.63, 3.8) is 0 Å². The lowest BCUT2D eigenvalue weighted by molar-refractivity contribution is 0.0101. The first-order chi connectivity index (χ1) is 6.15. The van der Waals surface area contributed by atoms with Crippen LogP contribution in [0.15, 0.2) is 4.42 Å². The van der Waals surface area contributed by atoms with Gasteiger partial charge in [-0.15, -0.1) is 10.2 Å². The highest BCUT2D eigenvalue weighted by atomic mass is 16.5. The Morgan fingerprint density at radius 3 is 2.46 bits per heavy atom. The van der Waals surface area contributed by atoms with Gasteiger partial charge in [-0.25, -0.2) is 0 Å². The molecule has 0 aromatic carbocycles. The van der Waals surface area contributed by atoms with Crippen molar-refractivity contribution in [2.75, 3.05) is 6.61 Å².